The van der Waals surface area contributed by atoms with Crippen molar-refractivity contribution >= 4 is 5.91 Å². The van der Waals surface area contributed by atoms with Crippen LogP contribution in [0.4, 0.5) is 0 Å². The quantitative estimate of drug-likeness (QED) is 0.737. The van der Waals surface area contributed by atoms with Crippen molar-refractivity contribution in [3.8, 4) is 5.69 Å². The number of hydrogen-bond donors (Lipinski definition) is 0. The number of pyridine rings is 1. The zero-order chi connectivity index (χ0) is 16.2. The lowest BCUT2D eigenvalue weighted by molar-refractivity contribution is 0.0742. The highest BCUT2D eigenvalue weighted by Gasteiger charge is 2.18. The van der Waals surface area contributed by atoms with Crippen molar-refractivity contribution < 1.29 is 4.79 Å². The number of carbonyl (C=O) groups excluding carboxylic acids is 1. The molecule has 23 heavy (non-hydrogen) atoms. The Bertz CT molecular complexity index is 764. The van der Waals surface area contributed by atoms with Crippen molar-refractivity contribution in [1.82, 2.24) is 14.5 Å². The summed E-state index contributed by atoms with van der Waals surface area (Å²) in [5.41, 5.74) is 2.79. The van der Waals surface area contributed by atoms with Gasteiger partial charge in [0.05, 0.1) is 6.04 Å². The molecule has 1 aromatic carbocycles. The summed E-state index contributed by atoms with van der Waals surface area (Å²) < 4.78 is 2.01. The molecule has 4 nitrogen and oxygen atoms in total. The lowest BCUT2D eigenvalue weighted by Gasteiger charge is -2.25. The van der Waals surface area contributed by atoms with Crippen LogP contribution in [0.5, 0.6) is 0 Å². The van der Waals surface area contributed by atoms with E-state index in [0.717, 1.165) is 11.3 Å². The summed E-state index contributed by atoms with van der Waals surface area (Å²) in [5, 5.41) is 0. The maximum absolute atomic E-state index is 12.7. The smallest absolute Gasteiger partial charge is 0.254 e. The minimum atomic E-state index is -0.00498. The van der Waals surface area contributed by atoms with Gasteiger partial charge in [-0.2, -0.15) is 0 Å². The highest BCUT2D eigenvalue weighted by molar-refractivity contribution is 5.94. The van der Waals surface area contributed by atoms with E-state index in [-0.39, 0.29) is 11.9 Å². The molecule has 0 unspecified atom stereocenters. The second kappa shape index (κ2) is 6.48. The highest BCUT2D eigenvalue weighted by atomic mass is 16.2. The lowest BCUT2D eigenvalue weighted by Crippen LogP contribution is -2.29. The number of aromatic nitrogens is 2. The number of hydrogen-bond acceptors (Lipinski definition) is 2. The van der Waals surface area contributed by atoms with Crippen LogP contribution < -0.4 is 0 Å². The first-order chi connectivity index (χ1) is 11.2. The topological polar surface area (TPSA) is 38.1 Å². The van der Waals surface area contributed by atoms with Gasteiger partial charge in [-0.15, -0.1) is 0 Å². The molecule has 0 spiro atoms. The second-order valence-corrected chi connectivity index (χ2v) is 5.51. The van der Waals surface area contributed by atoms with Gasteiger partial charge in [0, 0.05) is 43.1 Å². The molecule has 0 fully saturated rings. The van der Waals surface area contributed by atoms with Crippen LogP contribution in [0.3, 0.4) is 0 Å². The fourth-order valence-electron chi connectivity index (χ4n) is 2.53. The third-order valence-corrected chi connectivity index (χ3v) is 4.11. The average Bonchev–Trinajstić information content (AvgIpc) is 3.15. The fourth-order valence-corrected chi connectivity index (χ4v) is 2.53. The summed E-state index contributed by atoms with van der Waals surface area (Å²) in [4.78, 5) is 18.4. The van der Waals surface area contributed by atoms with Gasteiger partial charge in [0.2, 0.25) is 0 Å². The normalized spacial score (nSPS) is 11.9. The first kappa shape index (κ1) is 15.0. The second-order valence-electron chi connectivity index (χ2n) is 5.51. The maximum Gasteiger partial charge on any atom is 0.254 e. The van der Waals surface area contributed by atoms with E-state index in [1.807, 2.05) is 79.5 Å². The van der Waals surface area contributed by atoms with Crippen LogP contribution in [0.2, 0.25) is 0 Å². The summed E-state index contributed by atoms with van der Waals surface area (Å²) >= 11 is 0. The number of amides is 1. The monoisotopic (exact) mass is 305 g/mol. The van der Waals surface area contributed by atoms with E-state index in [9.17, 15) is 4.79 Å². The first-order valence-electron chi connectivity index (χ1n) is 7.57. The van der Waals surface area contributed by atoms with Crippen molar-refractivity contribution in [1.29, 1.82) is 0 Å². The molecule has 0 radical (unpaired) electrons. The molecule has 0 saturated carbocycles. The summed E-state index contributed by atoms with van der Waals surface area (Å²) in [7, 11) is 1.83. The largest absolute Gasteiger partial charge is 0.335 e. The molecule has 0 aliphatic rings. The maximum atomic E-state index is 12.7. The third-order valence-electron chi connectivity index (χ3n) is 4.11. The summed E-state index contributed by atoms with van der Waals surface area (Å²) in [6.07, 6.45) is 7.45. The Morgan fingerprint density at radius 1 is 1.04 bits per heavy atom. The van der Waals surface area contributed by atoms with Crippen molar-refractivity contribution in [2.24, 2.45) is 0 Å². The summed E-state index contributed by atoms with van der Waals surface area (Å²) in [6.45, 7) is 2.02. The highest BCUT2D eigenvalue weighted by Crippen LogP contribution is 2.20. The molecule has 0 N–H and O–H groups in total. The van der Waals surface area contributed by atoms with E-state index in [1.165, 1.54) is 0 Å². The minimum absolute atomic E-state index is 0.00498. The number of benzene rings is 1. The van der Waals surface area contributed by atoms with E-state index in [1.54, 1.807) is 17.3 Å². The molecule has 0 aliphatic heterocycles. The number of nitrogens with zero attached hydrogens (tertiary/aromatic N) is 3. The average molecular weight is 305 g/mol. The Hall–Kier alpha value is -2.88. The fraction of sp³-hybridized carbons (Fsp3) is 0.158. The molecule has 0 bridgehead atoms. The van der Waals surface area contributed by atoms with Crippen LogP contribution in [0.1, 0.15) is 28.9 Å². The van der Waals surface area contributed by atoms with Gasteiger partial charge in [0.1, 0.15) is 0 Å². The Morgan fingerprint density at radius 3 is 2.26 bits per heavy atom. The Kier molecular flexibility index (Phi) is 4.24. The molecule has 0 aliphatic carbocycles. The summed E-state index contributed by atoms with van der Waals surface area (Å²) in [5.74, 6) is 0.00775. The molecular formula is C19H19N3O. The Labute approximate surface area is 136 Å². The number of rotatable bonds is 4. The molecular weight excluding hydrogens is 286 g/mol. The molecule has 1 atom stereocenters. The predicted molar refractivity (Wildman–Crippen MR) is 90.5 cm³/mol. The summed E-state index contributed by atoms with van der Waals surface area (Å²) in [6, 6.07) is 15.5. The zero-order valence-corrected chi connectivity index (χ0v) is 13.3. The van der Waals surface area contributed by atoms with Gasteiger partial charge >= 0.3 is 0 Å². The molecule has 3 rings (SSSR count). The molecule has 2 aromatic heterocycles. The van der Waals surface area contributed by atoms with E-state index in [2.05, 4.69) is 4.98 Å². The van der Waals surface area contributed by atoms with Crippen molar-refractivity contribution in [2.75, 3.05) is 7.05 Å². The van der Waals surface area contributed by atoms with Gasteiger partial charge in [-0.1, -0.05) is 0 Å². The Balaban J connectivity index is 1.77. The van der Waals surface area contributed by atoms with Crippen molar-refractivity contribution in [2.45, 2.75) is 13.0 Å². The van der Waals surface area contributed by atoms with Crippen molar-refractivity contribution in [3.05, 3.63) is 84.4 Å². The molecule has 2 heterocycles. The molecule has 1 amide bonds. The van der Waals surface area contributed by atoms with Crippen molar-refractivity contribution in [3.63, 3.8) is 0 Å². The van der Waals surface area contributed by atoms with Crippen LogP contribution in [0.15, 0.2) is 73.3 Å². The molecule has 4 heteroatoms. The van der Waals surface area contributed by atoms with Crippen LogP contribution in [-0.2, 0) is 0 Å². The third kappa shape index (κ3) is 3.16. The van der Waals surface area contributed by atoms with E-state index in [4.69, 9.17) is 0 Å². The predicted octanol–water partition coefficient (Wildman–Crippen LogP) is 3.71. The Morgan fingerprint density at radius 2 is 1.65 bits per heavy atom. The molecule has 0 saturated heterocycles. The van der Waals surface area contributed by atoms with E-state index >= 15 is 0 Å². The SMILES string of the molecule is C[C@H](c1ccncc1)N(C)C(=O)c1ccc(-n2cccc2)cc1. The van der Waals surface area contributed by atoms with Gasteiger partial charge in [-0.3, -0.25) is 9.78 Å². The van der Waals surface area contributed by atoms with Crippen LogP contribution in [0.25, 0.3) is 5.69 Å². The van der Waals surface area contributed by atoms with E-state index < -0.39 is 0 Å². The standard InChI is InChI=1S/C19H19N3O/c1-15(16-9-11-20-12-10-16)21(2)19(23)17-5-7-18(8-6-17)22-13-3-4-14-22/h3-15H,1-2H3/t15-/m1/s1. The van der Waals surface area contributed by atoms with Crippen LogP contribution in [0, 0.1) is 0 Å². The molecule has 3 aromatic rings. The van der Waals surface area contributed by atoms with Gasteiger partial charge in [0.25, 0.3) is 5.91 Å². The lowest BCUT2D eigenvalue weighted by atomic mass is 10.1. The minimum Gasteiger partial charge on any atom is -0.335 e. The van der Waals surface area contributed by atoms with Gasteiger partial charge < -0.3 is 9.47 Å². The van der Waals surface area contributed by atoms with Crippen LogP contribution >= 0.6 is 0 Å². The van der Waals surface area contributed by atoms with Gasteiger partial charge in [-0.25, -0.2) is 0 Å². The zero-order valence-electron chi connectivity index (χ0n) is 13.3. The van der Waals surface area contributed by atoms with Crippen LogP contribution in [-0.4, -0.2) is 27.4 Å². The number of carbonyl (C=O) groups is 1. The molecule has 116 valence electrons. The van der Waals surface area contributed by atoms with E-state index in [0.29, 0.717) is 5.56 Å². The van der Waals surface area contributed by atoms with Gasteiger partial charge in [0.15, 0.2) is 0 Å². The first-order valence-corrected chi connectivity index (χ1v) is 7.57. The van der Waals surface area contributed by atoms with Gasteiger partial charge in [-0.05, 0) is 61.0 Å².